The summed E-state index contributed by atoms with van der Waals surface area (Å²) in [4.78, 5) is 0. The van der Waals surface area contributed by atoms with Gasteiger partial charge in [0, 0.05) is 0 Å². The van der Waals surface area contributed by atoms with Crippen molar-refractivity contribution in [2.45, 2.75) is 67.5 Å². The number of hydrogen-bond donors (Lipinski definition) is 9. The summed E-state index contributed by atoms with van der Waals surface area (Å²) in [6.07, 6.45) is -17.9. The number of ether oxygens (including phenoxy) is 3. The van der Waals surface area contributed by atoms with Crippen LogP contribution in [0.1, 0.15) is 0 Å². The Morgan fingerprint density at radius 2 is 1.36 bits per heavy atom. The smallest absolute Gasteiger partial charge is 0.186 e. The van der Waals surface area contributed by atoms with Crippen LogP contribution in [0, 0.1) is 0 Å². The van der Waals surface area contributed by atoms with Crippen molar-refractivity contribution in [1.82, 2.24) is 0 Å². The average molecular weight is 372 g/mol. The van der Waals surface area contributed by atoms with Gasteiger partial charge in [-0.25, -0.2) is 0 Å². The van der Waals surface area contributed by atoms with Gasteiger partial charge in [0.1, 0.15) is 54.9 Å². The lowest BCUT2D eigenvalue weighted by Crippen LogP contribution is -2.63. The Morgan fingerprint density at radius 3 is 1.96 bits per heavy atom. The van der Waals surface area contributed by atoms with Crippen LogP contribution in [0.2, 0.25) is 0 Å². The Hall–Kier alpha value is -0.480. The minimum atomic E-state index is -1.78. The Balaban J connectivity index is 1.99. The largest absolute Gasteiger partial charge is 0.394 e. The molecule has 11 atom stereocenters. The van der Waals surface area contributed by atoms with E-state index in [0.717, 1.165) is 0 Å². The highest BCUT2D eigenvalue weighted by Gasteiger charge is 2.48. The maximum absolute atomic E-state index is 9.88. The minimum absolute atomic E-state index is 0.533. The number of aliphatic hydroxyl groups excluding tert-OH is 9. The van der Waals surface area contributed by atoms with Gasteiger partial charge in [0.25, 0.3) is 0 Å². The fraction of sp³-hybridized carbons (Fsp3) is 1.00. The lowest BCUT2D eigenvalue weighted by Gasteiger charge is -2.43. The van der Waals surface area contributed by atoms with Gasteiger partial charge in [-0.1, -0.05) is 0 Å². The van der Waals surface area contributed by atoms with Crippen molar-refractivity contribution in [3.63, 3.8) is 0 Å². The molecule has 2 fully saturated rings. The van der Waals surface area contributed by atoms with Crippen LogP contribution < -0.4 is 0 Å². The Kier molecular flexibility index (Phi) is 7.06. The van der Waals surface area contributed by atoms with Gasteiger partial charge in [0.2, 0.25) is 0 Å². The van der Waals surface area contributed by atoms with Crippen LogP contribution in [0.4, 0.5) is 0 Å². The monoisotopic (exact) mass is 372 g/mol. The average Bonchev–Trinajstić information content (AvgIpc) is 2.60. The Morgan fingerprint density at radius 1 is 0.760 bits per heavy atom. The third-order valence-electron chi connectivity index (χ3n) is 4.28. The Labute approximate surface area is 142 Å². The first-order valence-corrected chi connectivity index (χ1v) is 7.67. The molecule has 0 aliphatic carbocycles. The molecule has 0 aromatic heterocycles. The van der Waals surface area contributed by atoms with Gasteiger partial charge in [-0.2, -0.15) is 0 Å². The molecule has 25 heavy (non-hydrogen) atoms. The molecule has 12 nitrogen and oxygen atoms in total. The van der Waals surface area contributed by atoms with Crippen molar-refractivity contribution in [1.29, 1.82) is 0 Å². The van der Waals surface area contributed by atoms with E-state index in [-0.39, 0.29) is 0 Å². The van der Waals surface area contributed by atoms with E-state index < -0.39 is 80.7 Å². The van der Waals surface area contributed by atoms with Gasteiger partial charge in [0.05, 0.1) is 13.2 Å². The van der Waals surface area contributed by atoms with Gasteiger partial charge in [-0.15, -0.1) is 0 Å². The topological polar surface area (TPSA) is 210 Å². The maximum atomic E-state index is 9.88. The molecule has 0 saturated carbocycles. The third kappa shape index (κ3) is 4.27. The van der Waals surface area contributed by atoms with E-state index in [4.69, 9.17) is 19.3 Å². The zero-order valence-electron chi connectivity index (χ0n) is 13.0. The van der Waals surface area contributed by atoms with Crippen molar-refractivity contribution < 1.29 is 60.2 Å². The maximum Gasteiger partial charge on any atom is 0.186 e. The molecule has 12 heteroatoms. The molecule has 1 unspecified atom stereocenters. The zero-order chi connectivity index (χ0) is 18.9. The second-order valence-electron chi connectivity index (χ2n) is 6.06. The molecule has 9 N–H and O–H groups in total. The summed E-state index contributed by atoms with van der Waals surface area (Å²) in [5.41, 5.74) is 0. The zero-order valence-corrected chi connectivity index (χ0v) is 13.0. The molecule has 2 heterocycles. The summed E-state index contributed by atoms with van der Waals surface area (Å²) in [5.74, 6) is 0. The van der Waals surface area contributed by atoms with Gasteiger partial charge in [0.15, 0.2) is 12.6 Å². The van der Waals surface area contributed by atoms with Crippen LogP contribution >= 0.6 is 0 Å². The SMILES string of the molecule is OC[C@H](O)[C@H]1O[C@H](OCC2O[C@H](O)[C@H](O)[C@@H](O)[C@@H]2O)[C@@H](O)[C@@H](O)[C@@H]1O. The van der Waals surface area contributed by atoms with Crippen LogP contribution in [0.15, 0.2) is 0 Å². The second kappa shape index (κ2) is 8.47. The van der Waals surface area contributed by atoms with E-state index in [1.807, 2.05) is 0 Å². The summed E-state index contributed by atoms with van der Waals surface area (Å²) in [5, 5.41) is 86.2. The molecule has 0 amide bonds. The molecule has 2 aliphatic heterocycles. The molecule has 2 rings (SSSR count). The van der Waals surface area contributed by atoms with Gasteiger partial charge >= 0.3 is 0 Å². The van der Waals surface area contributed by atoms with E-state index in [0.29, 0.717) is 0 Å². The standard InChI is InChI=1S/C13H24O12/c14-1-3(15)11-8(19)7(18)10(21)13(25-11)23-2-4-5(16)6(17)9(20)12(22)24-4/h3-22H,1-2H2/t3-,4?,5+,6-,7-,8-,9+,10-,11+,12-,13-/m0/s1. The minimum Gasteiger partial charge on any atom is -0.394 e. The molecule has 2 saturated heterocycles. The van der Waals surface area contributed by atoms with E-state index >= 15 is 0 Å². The molecular formula is C13H24O12. The third-order valence-corrected chi connectivity index (χ3v) is 4.28. The van der Waals surface area contributed by atoms with E-state index in [9.17, 15) is 40.9 Å². The summed E-state index contributed by atoms with van der Waals surface area (Å²) in [7, 11) is 0. The van der Waals surface area contributed by atoms with Crippen molar-refractivity contribution in [2.24, 2.45) is 0 Å². The first-order chi connectivity index (χ1) is 11.7. The quantitative estimate of drug-likeness (QED) is 0.221. The highest BCUT2D eigenvalue weighted by atomic mass is 16.7. The highest BCUT2D eigenvalue weighted by Crippen LogP contribution is 2.26. The lowest BCUT2D eigenvalue weighted by molar-refractivity contribution is -0.331. The molecular weight excluding hydrogens is 348 g/mol. The van der Waals surface area contributed by atoms with Crippen molar-refractivity contribution in [2.75, 3.05) is 13.2 Å². The number of aliphatic hydroxyl groups is 9. The summed E-state index contributed by atoms with van der Waals surface area (Å²) in [6.45, 7) is -1.31. The summed E-state index contributed by atoms with van der Waals surface area (Å²) < 4.78 is 15.2. The van der Waals surface area contributed by atoms with Gasteiger partial charge in [-0.3, -0.25) is 0 Å². The summed E-state index contributed by atoms with van der Waals surface area (Å²) in [6, 6.07) is 0. The predicted molar refractivity (Wildman–Crippen MR) is 74.6 cm³/mol. The van der Waals surface area contributed by atoms with Gasteiger partial charge < -0.3 is 60.2 Å². The van der Waals surface area contributed by atoms with Crippen LogP contribution in [-0.4, -0.2) is 127 Å². The van der Waals surface area contributed by atoms with E-state index in [1.165, 1.54) is 0 Å². The molecule has 0 radical (unpaired) electrons. The first kappa shape index (κ1) is 20.8. The van der Waals surface area contributed by atoms with Crippen LogP contribution in [0.5, 0.6) is 0 Å². The van der Waals surface area contributed by atoms with Crippen LogP contribution in [0.25, 0.3) is 0 Å². The van der Waals surface area contributed by atoms with E-state index in [1.54, 1.807) is 0 Å². The first-order valence-electron chi connectivity index (χ1n) is 7.67. The molecule has 0 bridgehead atoms. The fourth-order valence-corrected chi connectivity index (χ4v) is 2.69. The van der Waals surface area contributed by atoms with Crippen LogP contribution in [0.3, 0.4) is 0 Å². The second-order valence-corrected chi connectivity index (χ2v) is 6.06. The molecule has 0 aromatic rings. The van der Waals surface area contributed by atoms with Crippen molar-refractivity contribution in [3.8, 4) is 0 Å². The molecule has 148 valence electrons. The number of rotatable bonds is 5. The normalized spacial score (nSPS) is 49.8. The fourth-order valence-electron chi connectivity index (χ4n) is 2.69. The van der Waals surface area contributed by atoms with E-state index in [2.05, 4.69) is 0 Å². The Bertz CT molecular complexity index is 424. The highest BCUT2D eigenvalue weighted by molar-refractivity contribution is 4.93. The number of hydrogen-bond acceptors (Lipinski definition) is 12. The molecule has 2 aliphatic rings. The van der Waals surface area contributed by atoms with Crippen LogP contribution in [-0.2, 0) is 14.2 Å². The van der Waals surface area contributed by atoms with Crippen molar-refractivity contribution >= 4 is 0 Å². The van der Waals surface area contributed by atoms with Crippen molar-refractivity contribution in [3.05, 3.63) is 0 Å². The summed E-state index contributed by atoms with van der Waals surface area (Å²) >= 11 is 0. The van der Waals surface area contributed by atoms with Gasteiger partial charge in [-0.05, 0) is 0 Å². The molecule has 0 spiro atoms. The molecule has 0 aromatic carbocycles. The predicted octanol–water partition coefficient (Wildman–Crippen LogP) is -6.04. The lowest BCUT2D eigenvalue weighted by atomic mass is 9.95.